The Labute approximate surface area is 113 Å². The molecule has 1 aromatic heterocycles. The second kappa shape index (κ2) is 6.31. The number of amides is 1. The summed E-state index contributed by atoms with van der Waals surface area (Å²) in [5.41, 5.74) is 0.710. The van der Waals surface area contributed by atoms with Crippen LogP contribution in [-0.2, 0) is 4.79 Å². The Hall–Kier alpha value is -1.91. The maximum Gasteiger partial charge on any atom is 0.354 e. The van der Waals surface area contributed by atoms with E-state index in [4.69, 9.17) is 5.11 Å². The first-order valence-corrected chi connectivity index (χ1v) is 6.27. The number of carboxylic acid groups (broad SMARTS) is 1. The lowest BCUT2D eigenvalue weighted by Gasteiger charge is -2.17. The predicted molar refractivity (Wildman–Crippen MR) is 73.1 cm³/mol. The molecule has 19 heavy (non-hydrogen) atoms. The van der Waals surface area contributed by atoms with E-state index in [0.717, 1.165) is 12.8 Å². The molecule has 0 saturated heterocycles. The molecule has 0 aliphatic carbocycles. The van der Waals surface area contributed by atoms with Crippen LogP contribution in [-0.4, -0.2) is 22.0 Å². The maximum atomic E-state index is 11.7. The zero-order valence-electron chi connectivity index (χ0n) is 11.6. The van der Waals surface area contributed by atoms with Crippen molar-refractivity contribution in [1.82, 2.24) is 4.98 Å². The summed E-state index contributed by atoms with van der Waals surface area (Å²) in [6.07, 6.45) is 3.62. The van der Waals surface area contributed by atoms with Crippen LogP contribution in [0.15, 0.2) is 18.3 Å². The van der Waals surface area contributed by atoms with Gasteiger partial charge < -0.3 is 10.4 Å². The van der Waals surface area contributed by atoms with Crippen molar-refractivity contribution in [3.8, 4) is 0 Å². The quantitative estimate of drug-likeness (QED) is 0.857. The lowest BCUT2D eigenvalue weighted by atomic mass is 9.90. The Morgan fingerprint density at radius 3 is 2.47 bits per heavy atom. The van der Waals surface area contributed by atoms with Gasteiger partial charge in [-0.15, -0.1) is 0 Å². The zero-order chi connectivity index (χ0) is 14.5. The Balaban J connectivity index is 2.42. The van der Waals surface area contributed by atoms with Gasteiger partial charge in [0.1, 0.15) is 5.69 Å². The summed E-state index contributed by atoms with van der Waals surface area (Å²) in [7, 11) is 0. The van der Waals surface area contributed by atoms with E-state index < -0.39 is 5.97 Å². The highest BCUT2D eigenvalue weighted by Gasteiger charge is 2.11. The molecule has 1 rings (SSSR count). The number of aromatic carboxylic acids is 1. The van der Waals surface area contributed by atoms with E-state index in [0.29, 0.717) is 12.1 Å². The van der Waals surface area contributed by atoms with Crippen LogP contribution in [0, 0.1) is 5.41 Å². The number of carbonyl (C=O) groups excluding carboxylic acids is 1. The highest BCUT2D eigenvalue weighted by molar-refractivity contribution is 5.91. The molecule has 1 heterocycles. The van der Waals surface area contributed by atoms with Gasteiger partial charge in [-0.25, -0.2) is 9.78 Å². The minimum absolute atomic E-state index is 0.0364. The molecule has 5 nitrogen and oxygen atoms in total. The van der Waals surface area contributed by atoms with E-state index in [1.54, 1.807) is 0 Å². The molecule has 0 radical (unpaired) electrons. The van der Waals surface area contributed by atoms with Gasteiger partial charge in [-0.3, -0.25) is 4.79 Å². The van der Waals surface area contributed by atoms with Gasteiger partial charge in [0.15, 0.2) is 0 Å². The molecule has 2 N–H and O–H groups in total. The van der Waals surface area contributed by atoms with Gasteiger partial charge in [0, 0.05) is 6.42 Å². The SMILES string of the molecule is CC(C)(C)CCCC(=O)Nc1ccc(C(=O)O)nc1. The second-order valence-corrected chi connectivity index (χ2v) is 5.70. The highest BCUT2D eigenvalue weighted by atomic mass is 16.4. The first-order chi connectivity index (χ1) is 8.78. The van der Waals surface area contributed by atoms with E-state index in [1.165, 1.54) is 18.3 Å². The van der Waals surface area contributed by atoms with Gasteiger partial charge in [-0.1, -0.05) is 20.8 Å². The minimum Gasteiger partial charge on any atom is -0.477 e. The molecule has 5 heteroatoms. The number of hydrogen-bond acceptors (Lipinski definition) is 3. The summed E-state index contributed by atoms with van der Waals surface area (Å²) in [5, 5.41) is 11.4. The number of anilines is 1. The molecular formula is C14H20N2O3. The average Bonchev–Trinajstić information content (AvgIpc) is 2.27. The summed E-state index contributed by atoms with van der Waals surface area (Å²) < 4.78 is 0. The monoisotopic (exact) mass is 264 g/mol. The summed E-state index contributed by atoms with van der Waals surface area (Å²) in [6, 6.07) is 2.91. The average molecular weight is 264 g/mol. The van der Waals surface area contributed by atoms with Crippen molar-refractivity contribution in [2.45, 2.75) is 40.0 Å². The first-order valence-electron chi connectivity index (χ1n) is 6.27. The van der Waals surface area contributed by atoms with Crippen molar-refractivity contribution >= 4 is 17.6 Å². The van der Waals surface area contributed by atoms with Gasteiger partial charge in [-0.05, 0) is 30.4 Å². The third-order valence-corrected chi connectivity index (χ3v) is 2.60. The summed E-state index contributed by atoms with van der Waals surface area (Å²) in [6.45, 7) is 6.42. The van der Waals surface area contributed by atoms with Crippen molar-refractivity contribution in [3.05, 3.63) is 24.0 Å². The summed E-state index contributed by atoms with van der Waals surface area (Å²) in [5.74, 6) is -1.16. The molecule has 0 fully saturated rings. The zero-order valence-corrected chi connectivity index (χ0v) is 11.6. The molecule has 0 aliphatic heterocycles. The minimum atomic E-state index is -1.08. The lowest BCUT2D eigenvalue weighted by molar-refractivity contribution is -0.116. The Kier molecular flexibility index (Phi) is 5.03. The van der Waals surface area contributed by atoms with E-state index in [1.807, 2.05) is 0 Å². The molecule has 0 spiro atoms. The topological polar surface area (TPSA) is 79.3 Å². The Bertz CT molecular complexity index is 447. The van der Waals surface area contributed by atoms with Crippen LogP contribution in [0.5, 0.6) is 0 Å². The third kappa shape index (κ3) is 5.99. The Morgan fingerprint density at radius 1 is 1.32 bits per heavy atom. The van der Waals surface area contributed by atoms with Crippen LogP contribution in [0.1, 0.15) is 50.5 Å². The van der Waals surface area contributed by atoms with Gasteiger partial charge in [0.2, 0.25) is 5.91 Å². The fourth-order valence-corrected chi connectivity index (χ4v) is 1.60. The van der Waals surface area contributed by atoms with E-state index in [-0.39, 0.29) is 17.0 Å². The number of hydrogen-bond donors (Lipinski definition) is 2. The lowest BCUT2D eigenvalue weighted by Crippen LogP contribution is -2.13. The van der Waals surface area contributed by atoms with Crippen molar-refractivity contribution in [3.63, 3.8) is 0 Å². The molecule has 1 aromatic rings. The van der Waals surface area contributed by atoms with Crippen LogP contribution < -0.4 is 5.32 Å². The number of carboxylic acids is 1. The number of nitrogens with one attached hydrogen (secondary N) is 1. The number of aromatic nitrogens is 1. The number of carbonyl (C=O) groups is 2. The second-order valence-electron chi connectivity index (χ2n) is 5.70. The molecule has 0 atom stereocenters. The predicted octanol–water partition coefficient (Wildman–Crippen LogP) is 2.93. The fourth-order valence-electron chi connectivity index (χ4n) is 1.60. The Morgan fingerprint density at radius 2 is 2.00 bits per heavy atom. The third-order valence-electron chi connectivity index (χ3n) is 2.60. The van der Waals surface area contributed by atoms with Crippen LogP contribution >= 0.6 is 0 Å². The number of rotatable bonds is 5. The smallest absolute Gasteiger partial charge is 0.354 e. The van der Waals surface area contributed by atoms with Crippen LogP contribution in [0.25, 0.3) is 0 Å². The molecule has 1 amide bonds. The molecule has 0 unspecified atom stereocenters. The summed E-state index contributed by atoms with van der Waals surface area (Å²) >= 11 is 0. The highest BCUT2D eigenvalue weighted by Crippen LogP contribution is 2.21. The fraction of sp³-hybridized carbons (Fsp3) is 0.500. The summed E-state index contributed by atoms with van der Waals surface area (Å²) in [4.78, 5) is 26.0. The number of nitrogens with zero attached hydrogens (tertiary/aromatic N) is 1. The molecule has 0 bridgehead atoms. The molecule has 0 aliphatic rings. The largest absolute Gasteiger partial charge is 0.477 e. The van der Waals surface area contributed by atoms with Crippen molar-refractivity contribution in [2.24, 2.45) is 5.41 Å². The molecule has 0 aromatic carbocycles. The molecule has 104 valence electrons. The van der Waals surface area contributed by atoms with Crippen molar-refractivity contribution in [2.75, 3.05) is 5.32 Å². The normalized spacial score (nSPS) is 11.1. The molecular weight excluding hydrogens is 244 g/mol. The molecule has 0 saturated carbocycles. The van der Waals surface area contributed by atoms with Gasteiger partial charge in [-0.2, -0.15) is 0 Å². The van der Waals surface area contributed by atoms with E-state index in [9.17, 15) is 9.59 Å². The van der Waals surface area contributed by atoms with Crippen LogP contribution in [0.4, 0.5) is 5.69 Å². The first kappa shape index (κ1) is 15.1. The van der Waals surface area contributed by atoms with Crippen LogP contribution in [0.2, 0.25) is 0 Å². The van der Waals surface area contributed by atoms with E-state index in [2.05, 4.69) is 31.1 Å². The van der Waals surface area contributed by atoms with Crippen molar-refractivity contribution in [1.29, 1.82) is 0 Å². The van der Waals surface area contributed by atoms with E-state index >= 15 is 0 Å². The van der Waals surface area contributed by atoms with Gasteiger partial charge >= 0.3 is 5.97 Å². The van der Waals surface area contributed by atoms with Crippen molar-refractivity contribution < 1.29 is 14.7 Å². The van der Waals surface area contributed by atoms with Crippen LogP contribution in [0.3, 0.4) is 0 Å². The van der Waals surface area contributed by atoms with Gasteiger partial charge in [0.05, 0.1) is 11.9 Å². The van der Waals surface area contributed by atoms with Gasteiger partial charge in [0.25, 0.3) is 0 Å². The maximum absolute atomic E-state index is 11.7. The number of pyridine rings is 1. The standard InChI is InChI=1S/C14H20N2O3/c1-14(2,3)8-4-5-12(17)16-10-6-7-11(13(18)19)15-9-10/h6-7,9H,4-5,8H2,1-3H3,(H,16,17)(H,18,19).